The second-order valence-electron chi connectivity index (χ2n) is 4.93. The first-order valence-corrected chi connectivity index (χ1v) is 6.79. The van der Waals surface area contributed by atoms with E-state index in [9.17, 15) is 5.11 Å². The summed E-state index contributed by atoms with van der Waals surface area (Å²) in [5, 5.41) is 14.2. The van der Waals surface area contributed by atoms with Crippen LogP contribution in [0.3, 0.4) is 0 Å². The summed E-state index contributed by atoms with van der Waals surface area (Å²) in [6.45, 7) is 7.30. The molecule has 0 aliphatic carbocycles. The van der Waals surface area contributed by atoms with Gasteiger partial charge in [-0.1, -0.05) is 6.07 Å². The first-order chi connectivity index (χ1) is 9.49. The highest BCUT2D eigenvalue weighted by atomic mass is 16.3. The lowest BCUT2D eigenvalue weighted by Gasteiger charge is -2.26. The lowest BCUT2D eigenvalue weighted by molar-refractivity contribution is 0.475. The molecule has 0 amide bonds. The SMILES string of the molecule is CCN(c1cc(O)ccc1C)c1c(CN)c(C)nn1C. The van der Waals surface area contributed by atoms with Crippen molar-refractivity contribution in [1.82, 2.24) is 9.78 Å². The molecule has 1 aromatic heterocycles. The second kappa shape index (κ2) is 5.54. The van der Waals surface area contributed by atoms with Crippen LogP contribution in [0.15, 0.2) is 18.2 Å². The van der Waals surface area contributed by atoms with Crippen molar-refractivity contribution < 1.29 is 5.11 Å². The lowest BCUT2D eigenvalue weighted by atomic mass is 10.1. The van der Waals surface area contributed by atoms with E-state index in [1.165, 1.54) is 0 Å². The van der Waals surface area contributed by atoms with Gasteiger partial charge in [0, 0.05) is 37.5 Å². The number of hydrogen-bond donors (Lipinski definition) is 2. The number of benzene rings is 1. The average molecular weight is 274 g/mol. The maximum absolute atomic E-state index is 9.76. The number of anilines is 2. The Morgan fingerprint density at radius 3 is 2.65 bits per heavy atom. The minimum absolute atomic E-state index is 0.261. The van der Waals surface area contributed by atoms with E-state index in [2.05, 4.69) is 16.9 Å². The number of hydrogen-bond acceptors (Lipinski definition) is 4. The summed E-state index contributed by atoms with van der Waals surface area (Å²) in [4.78, 5) is 2.14. The van der Waals surface area contributed by atoms with E-state index in [-0.39, 0.29) is 5.75 Å². The zero-order valence-corrected chi connectivity index (χ0v) is 12.5. The molecule has 0 aliphatic heterocycles. The minimum Gasteiger partial charge on any atom is -0.508 e. The Kier molecular flexibility index (Phi) is 3.99. The van der Waals surface area contributed by atoms with Crippen LogP contribution in [0.5, 0.6) is 5.75 Å². The van der Waals surface area contributed by atoms with Crippen LogP contribution in [0.1, 0.15) is 23.7 Å². The van der Waals surface area contributed by atoms with Crippen molar-refractivity contribution in [1.29, 1.82) is 0 Å². The largest absolute Gasteiger partial charge is 0.508 e. The fourth-order valence-electron chi connectivity index (χ4n) is 2.59. The van der Waals surface area contributed by atoms with Crippen LogP contribution >= 0.6 is 0 Å². The maximum atomic E-state index is 9.76. The van der Waals surface area contributed by atoms with E-state index in [0.29, 0.717) is 6.54 Å². The van der Waals surface area contributed by atoms with Gasteiger partial charge in [0.1, 0.15) is 11.6 Å². The standard InChI is InChI=1S/C15H22N4O/c1-5-19(14-8-12(20)7-6-10(14)2)15-13(9-16)11(3)17-18(15)4/h6-8,20H,5,9,16H2,1-4H3. The van der Waals surface area contributed by atoms with E-state index in [1.807, 2.05) is 31.6 Å². The average Bonchev–Trinajstić information content (AvgIpc) is 2.69. The Morgan fingerprint density at radius 1 is 1.35 bits per heavy atom. The van der Waals surface area contributed by atoms with Crippen molar-refractivity contribution in [3.8, 4) is 5.75 Å². The fourth-order valence-corrected chi connectivity index (χ4v) is 2.59. The summed E-state index contributed by atoms with van der Waals surface area (Å²) in [5.41, 5.74) is 9.94. The molecule has 0 atom stereocenters. The van der Waals surface area contributed by atoms with Gasteiger partial charge < -0.3 is 15.7 Å². The Balaban J connectivity index is 2.61. The highest BCUT2D eigenvalue weighted by Crippen LogP contribution is 2.33. The number of rotatable bonds is 4. The van der Waals surface area contributed by atoms with Gasteiger partial charge in [0.2, 0.25) is 0 Å². The predicted octanol–water partition coefficient (Wildman–Crippen LogP) is 2.36. The third kappa shape index (κ3) is 2.36. The molecular weight excluding hydrogens is 252 g/mol. The van der Waals surface area contributed by atoms with Gasteiger partial charge in [-0.25, -0.2) is 0 Å². The van der Waals surface area contributed by atoms with Crippen LogP contribution in [0.4, 0.5) is 11.5 Å². The Bertz CT molecular complexity index is 619. The number of aryl methyl sites for hydroxylation is 3. The molecule has 0 radical (unpaired) electrons. The van der Waals surface area contributed by atoms with Crippen LogP contribution in [0.25, 0.3) is 0 Å². The smallest absolute Gasteiger partial charge is 0.135 e. The Hall–Kier alpha value is -2.01. The molecule has 20 heavy (non-hydrogen) atoms. The van der Waals surface area contributed by atoms with Gasteiger partial charge in [0.25, 0.3) is 0 Å². The molecule has 5 nitrogen and oxygen atoms in total. The number of nitrogens with two attached hydrogens (primary N) is 1. The quantitative estimate of drug-likeness (QED) is 0.898. The third-order valence-corrected chi connectivity index (χ3v) is 3.57. The van der Waals surface area contributed by atoms with Gasteiger partial charge in [-0.05, 0) is 32.4 Å². The van der Waals surface area contributed by atoms with Gasteiger partial charge in [-0.15, -0.1) is 0 Å². The van der Waals surface area contributed by atoms with Crippen LogP contribution < -0.4 is 10.6 Å². The van der Waals surface area contributed by atoms with Crippen LogP contribution in [-0.2, 0) is 13.6 Å². The van der Waals surface area contributed by atoms with Crippen molar-refractivity contribution in [3.05, 3.63) is 35.0 Å². The molecule has 1 aromatic carbocycles. The van der Waals surface area contributed by atoms with Gasteiger partial charge in [-0.2, -0.15) is 5.10 Å². The summed E-state index contributed by atoms with van der Waals surface area (Å²) >= 11 is 0. The molecule has 0 saturated carbocycles. The highest BCUT2D eigenvalue weighted by molar-refractivity contribution is 5.68. The lowest BCUT2D eigenvalue weighted by Crippen LogP contribution is -2.22. The van der Waals surface area contributed by atoms with E-state index in [0.717, 1.165) is 34.9 Å². The van der Waals surface area contributed by atoms with Crippen molar-refractivity contribution in [3.63, 3.8) is 0 Å². The molecule has 0 fully saturated rings. The van der Waals surface area contributed by atoms with E-state index in [4.69, 9.17) is 5.73 Å². The molecule has 0 aliphatic rings. The molecule has 0 bridgehead atoms. The zero-order valence-electron chi connectivity index (χ0n) is 12.5. The molecule has 2 aromatic rings. The number of phenols is 1. The van der Waals surface area contributed by atoms with Gasteiger partial charge in [-0.3, -0.25) is 4.68 Å². The summed E-state index contributed by atoms with van der Waals surface area (Å²) in [6, 6.07) is 5.39. The first-order valence-electron chi connectivity index (χ1n) is 6.79. The second-order valence-corrected chi connectivity index (χ2v) is 4.93. The number of nitrogens with zero attached hydrogens (tertiary/aromatic N) is 3. The van der Waals surface area contributed by atoms with Crippen LogP contribution in [0.2, 0.25) is 0 Å². The molecule has 0 unspecified atom stereocenters. The summed E-state index contributed by atoms with van der Waals surface area (Å²) in [6.07, 6.45) is 0. The fraction of sp³-hybridized carbons (Fsp3) is 0.400. The highest BCUT2D eigenvalue weighted by Gasteiger charge is 2.20. The van der Waals surface area contributed by atoms with E-state index < -0.39 is 0 Å². The molecule has 5 heteroatoms. The molecular formula is C15H22N4O. The summed E-state index contributed by atoms with van der Waals surface area (Å²) < 4.78 is 1.85. The van der Waals surface area contributed by atoms with E-state index in [1.54, 1.807) is 12.1 Å². The summed E-state index contributed by atoms with van der Waals surface area (Å²) in [5.74, 6) is 1.25. The summed E-state index contributed by atoms with van der Waals surface area (Å²) in [7, 11) is 1.92. The van der Waals surface area contributed by atoms with Crippen LogP contribution in [-0.4, -0.2) is 21.4 Å². The molecule has 0 saturated heterocycles. The monoisotopic (exact) mass is 274 g/mol. The van der Waals surface area contributed by atoms with Gasteiger partial charge >= 0.3 is 0 Å². The normalized spacial score (nSPS) is 10.8. The molecule has 2 rings (SSSR count). The van der Waals surface area contributed by atoms with Crippen molar-refractivity contribution in [2.24, 2.45) is 12.8 Å². The van der Waals surface area contributed by atoms with Crippen molar-refractivity contribution in [2.45, 2.75) is 27.3 Å². The number of aromatic nitrogens is 2. The van der Waals surface area contributed by atoms with Crippen molar-refractivity contribution >= 4 is 11.5 Å². The van der Waals surface area contributed by atoms with Crippen molar-refractivity contribution in [2.75, 3.05) is 11.4 Å². The predicted molar refractivity (Wildman–Crippen MR) is 81.4 cm³/mol. The molecule has 0 spiro atoms. The molecule has 3 N–H and O–H groups in total. The van der Waals surface area contributed by atoms with Crippen LogP contribution in [0, 0.1) is 13.8 Å². The number of aromatic hydroxyl groups is 1. The van der Waals surface area contributed by atoms with E-state index >= 15 is 0 Å². The maximum Gasteiger partial charge on any atom is 0.135 e. The topological polar surface area (TPSA) is 67.3 Å². The third-order valence-electron chi connectivity index (χ3n) is 3.57. The molecule has 1 heterocycles. The van der Waals surface area contributed by atoms with Gasteiger partial charge in [0.15, 0.2) is 0 Å². The Labute approximate surface area is 119 Å². The Morgan fingerprint density at radius 2 is 2.05 bits per heavy atom. The molecule has 108 valence electrons. The minimum atomic E-state index is 0.261. The number of phenolic OH excluding ortho intramolecular Hbond substituents is 1. The first kappa shape index (κ1) is 14.4. The van der Waals surface area contributed by atoms with Gasteiger partial charge in [0.05, 0.1) is 5.69 Å². The zero-order chi connectivity index (χ0) is 14.9.